The number of benzene rings is 1. The summed E-state index contributed by atoms with van der Waals surface area (Å²) in [6.07, 6.45) is -1.97. The monoisotopic (exact) mass is 468 g/mol. The van der Waals surface area contributed by atoms with Crippen molar-refractivity contribution >= 4 is 47.0 Å². The highest BCUT2D eigenvalue weighted by Gasteiger charge is 2.27. The number of carbonyl (C=O) groups is 2. The lowest BCUT2D eigenvalue weighted by molar-refractivity contribution is 0.0379. The quantitative estimate of drug-likeness (QED) is 0.432. The van der Waals surface area contributed by atoms with Crippen molar-refractivity contribution in [2.75, 3.05) is 13.7 Å². The molecular formula is C19H27Cl3N2O5. The number of rotatable bonds is 7. The molecule has 1 aromatic carbocycles. The summed E-state index contributed by atoms with van der Waals surface area (Å²) in [5.74, 6) is 0. The lowest BCUT2D eigenvalue weighted by atomic mass is 9.98. The molecule has 164 valence electrons. The molecule has 0 radical (unpaired) electrons. The summed E-state index contributed by atoms with van der Waals surface area (Å²) in [6, 6.07) is 7.05. The molecule has 2 amide bonds. The summed E-state index contributed by atoms with van der Waals surface area (Å²) in [4.78, 5) is 24.3. The van der Waals surface area contributed by atoms with E-state index in [4.69, 9.17) is 49.0 Å². The summed E-state index contributed by atoms with van der Waals surface area (Å²) in [5, 5.41) is 5.36. The van der Waals surface area contributed by atoms with Crippen LogP contribution in [0.2, 0.25) is 0 Å². The standard InChI is InChI=1S/C19H27Cl3N2O5/c1-12-8-6-7-9-13(12)14(23-17(26)29-18(2,3)4)10-15(27-5)24-16(25)28-11-19(20,21)22/h6-9,14-15H,10-11H2,1-5H3,(H,23,26)(H,24,25)/t14-,15?/m0/s1. The Hall–Kier alpha value is -1.41. The van der Waals surface area contributed by atoms with E-state index in [0.717, 1.165) is 11.1 Å². The Balaban J connectivity index is 2.90. The Morgan fingerprint density at radius 3 is 2.21 bits per heavy atom. The molecule has 0 saturated heterocycles. The molecule has 0 fully saturated rings. The lowest BCUT2D eigenvalue weighted by Crippen LogP contribution is -2.42. The average molecular weight is 470 g/mol. The Labute approximate surface area is 186 Å². The van der Waals surface area contributed by atoms with Gasteiger partial charge in [-0.15, -0.1) is 0 Å². The van der Waals surface area contributed by atoms with Crippen LogP contribution in [0.4, 0.5) is 9.59 Å². The third-order valence-electron chi connectivity index (χ3n) is 3.63. The second kappa shape index (κ2) is 11.1. The van der Waals surface area contributed by atoms with Gasteiger partial charge in [0.25, 0.3) is 0 Å². The van der Waals surface area contributed by atoms with E-state index in [1.807, 2.05) is 31.2 Å². The van der Waals surface area contributed by atoms with Gasteiger partial charge in [0, 0.05) is 13.5 Å². The molecule has 2 N–H and O–H groups in total. The van der Waals surface area contributed by atoms with E-state index < -0.39 is 40.5 Å². The fourth-order valence-electron chi connectivity index (χ4n) is 2.44. The number of ether oxygens (including phenoxy) is 3. The molecule has 0 saturated carbocycles. The minimum Gasteiger partial charge on any atom is -0.445 e. The van der Waals surface area contributed by atoms with Crippen molar-refractivity contribution in [3.05, 3.63) is 35.4 Å². The summed E-state index contributed by atoms with van der Waals surface area (Å²) in [5.41, 5.74) is 1.17. The zero-order valence-corrected chi connectivity index (χ0v) is 19.3. The molecule has 1 unspecified atom stereocenters. The van der Waals surface area contributed by atoms with Crippen molar-refractivity contribution in [1.29, 1.82) is 0 Å². The molecule has 0 aliphatic rings. The average Bonchev–Trinajstić information content (AvgIpc) is 2.57. The second-order valence-electron chi connectivity index (χ2n) is 7.35. The predicted octanol–water partition coefficient (Wildman–Crippen LogP) is 5.02. The van der Waals surface area contributed by atoms with Gasteiger partial charge in [0.2, 0.25) is 3.79 Å². The summed E-state index contributed by atoms with van der Waals surface area (Å²) >= 11 is 16.7. The molecule has 0 aliphatic carbocycles. The zero-order valence-electron chi connectivity index (χ0n) is 17.1. The molecular weight excluding hydrogens is 443 g/mol. The largest absolute Gasteiger partial charge is 0.445 e. The van der Waals surface area contributed by atoms with Crippen LogP contribution < -0.4 is 10.6 Å². The van der Waals surface area contributed by atoms with Crippen LogP contribution >= 0.6 is 34.8 Å². The van der Waals surface area contributed by atoms with E-state index in [0.29, 0.717) is 0 Å². The number of amides is 2. The third kappa shape index (κ3) is 10.8. The molecule has 10 heteroatoms. The minimum atomic E-state index is -1.72. The maximum atomic E-state index is 12.3. The van der Waals surface area contributed by atoms with Crippen LogP contribution in [0.5, 0.6) is 0 Å². The molecule has 0 spiro atoms. The van der Waals surface area contributed by atoms with Crippen LogP contribution in [0, 0.1) is 6.92 Å². The van der Waals surface area contributed by atoms with E-state index in [9.17, 15) is 9.59 Å². The van der Waals surface area contributed by atoms with Crippen LogP contribution in [-0.4, -0.2) is 41.5 Å². The highest BCUT2D eigenvalue weighted by Crippen LogP contribution is 2.26. The zero-order chi connectivity index (χ0) is 22.2. The Kier molecular flexibility index (Phi) is 9.82. The number of aryl methyl sites for hydroxylation is 1. The Bertz CT molecular complexity index is 689. The van der Waals surface area contributed by atoms with Crippen molar-refractivity contribution in [3.63, 3.8) is 0 Å². The lowest BCUT2D eigenvalue weighted by Gasteiger charge is -2.27. The smallest absolute Gasteiger partial charge is 0.409 e. The van der Waals surface area contributed by atoms with Crippen molar-refractivity contribution in [2.45, 2.75) is 55.8 Å². The van der Waals surface area contributed by atoms with Gasteiger partial charge in [0.05, 0.1) is 6.04 Å². The Morgan fingerprint density at radius 1 is 1.07 bits per heavy atom. The molecule has 0 aromatic heterocycles. The number of methoxy groups -OCH3 is 1. The van der Waals surface area contributed by atoms with Crippen LogP contribution in [-0.2, 0) is 14.2 Å². The highest BCUT2D eigenvalue weighted by molar-refractivity contribution is 6.67. The van der Waals surface area contributed by atoms with Gasteiger partial charge in [-0.3, -0.25) is 5.32 Å². The van der Waals surface area contributed by atoms with Crippen LogP contribution in [0.15, 0.2) is 24.3 Å². The molecule has 0 bridgehead atoms. The molecule has 0 heterocycles. The first-order valence-corrected chi connectivity index (χ1v) is 10.0. The number of nitrogens with one attached hydrogen (secondary N) is 2. The molecule has 29 heavy (non-hydrogen) atoms. The molecule has 1 rings (SSSR count). The van der Waals surface area contributed by atoms with E-state index in [-0.39, 0.29) is 6.42 Å². The second-order valence-corrected chi connectivity index (χ2v) is 9.87. The number of hydrogen-bond donors (Lipinski definition) is 2. The normalized spacial score (nSPS) is 13.9. The van der Waals surface area contributed by atoms with E-state index in [1.165, 1.54) is 7.11 Å². The molecule has 1 aromatic rings. The van der Waals surface area contributed by atoms with Gasteiger partial charge < -0.3 is 19.5 Å². The van der Waals surface area contributed by atoms with Crippen molar-refractivity contribution in [1.82, 2.24) is 10.6 Å². The fourth-order valence-corrected chi connectivity index (χ4v) is 2.60. The molecule has 7 nitrogen and oxygen atoms in total. The van der Waals surface area contributed by atoms with Crippen molar-refractivity contribution < 1.29 is 23.8 Å². The first-order chi connectivity index (χ1) is 13.3. The maximum absolute atomic E-state index is 12.3. The predicted molar refractivity (Wildman–Crippen MR) is 113 cm³/mol. The van der Waals surface area contributed by atoms with E-state index >= 15 is 0 Å². The van der Waals surface area contributed by atoms with E-state index in [1.54, 1.807) is 20.8 Å². The van der Waals surface area contributed by atoms with Gasteiger partial charge in [0.1, 0.15) is 18.4 Å². The van der Waals surface area contributed by atoms with Gasteiger partial charge in [-0.25, -0.2) is 9.59 Å². The SMILES string of the molecule is COC(C[C@H](NC(=O)OC(C)(C)C)c1ccccc1C)NC(=O)OCC(Cl)(Cl)Cl. The van der Waals surface area contributed by atoms with Crippen LogP contribution in [0.25, 0.3) is 0 Å². The number of carbonyl (C=O) groups excluding carboxylic acids is 2. The first-order valence-electron chi connectivity index (χ1n) is 8.88. The molecule has 0 aliphatic heterocycles. The van der Waals surface area contributed by atoms with Crippen molar-refractivity contribution in [3.8, 4) is 0 Å². The van der Waals surface area contributed by atoms with E-state index in [2.05, 4.69) is 10.6 Å². The van der Waals surface area contributed by atoms with Crippen molar-refractivity contribution in [2.24, 2.45) is 0 Å². The topological polar surface area (TPSA) is 85.9 Å². The van der Waals surface area contributed by atoms with Gasteiger partial charge in [-0.05, 0) is 38.8 Å². The Morgan fingerprint density at radius 2 is 1.69 bits per heavy atom. The third-order valence-corrected chi connectivity index (χ3v) is 3.96. The number of hydrogen-bond acceptors (Lipinski definition) is 5. The number of halogens is 3. The van der Waals surface area contributed by atoms with Gasteiger partial charge >= 0.3 is 12.2 Å². The summed E-state index contributed by atoms with van der Waals surface area (Å²) in [7, 11) is 1.42. The van der Waals surface area contributed by atoms with Crippen LogP contribution in [0.1, 0.15) is 44.4 Å². The first kappa shape index (κ1) is 25.6. The fraction of sp³-hybridized carbons (Fsp3) is 0.579. The molecule has 2 atom stereocenters. The minimum absolute atomic E-state index is 0.212. The highest BCUT2D eigenvalue weighted by atomic mass is 35.6. The van der Waals surface area contributed by atoms with Crippen LogP contribution in [0.3, 0.4) is 0 Å². The summed E-state index contributed by atoms with van der Waals surface area (Å²) < 4.78 is 13.8. The maximum Gasteiger partial charge on any atom is 0.409 e. The van der Waals surface area contributed by atoms with Gasteiger partial charge in [-0.1, -0.05) is 59.1 Å². The number of alkyl halides is 3. The van der Waals surface area contributed by atoms with Gasteiger partial charge in [0.15, 0.2) is 0 Å². The van der Waals surface area contributed by atoms with Gasteiger partial charge in [-0.2, -0.15) is 0 Å². The summed E-state index contributed by atoms with van der Waals surface area (Å²) in [6.45, 7) is 6.82. The number of alkyl carbamates (subject to hydrolysis) is 2.